The lowest BCUT2D eigenvalue weighted by Gasteiger charge is -2.21. The van der Waals surface area contributed by atoms with E-state index in [-0.39, 0.29) is 6.10 Å². The molecule has 0 aliphatic carbocycles. The van der Waals surface area contributed by atoms with Crippen LogP contribution in [0.5, 0.6) is 5.75 Å². The Morgan fingerprint density at radius 2 is 2.42 bits per heavy atom. The number of hydrogen-bond acceptors (Lipinski definition) is 4. The van der Waals surface area contributed by atoms with Crippen molar-refractivity contribution < 1.29 is 9.15 Å². The summed E-state index contributed by atoms with van der Waals surface area (Å²) in [5.74, 6) is 1.93. The van der Waals surface area contributed by atoms with Crippen molar-refractivity contribution in [1.29, 1.82) is 0 Å². The third-order valence-corrected chi connectivity index (χ3v) is 3.47. The van der Waals surface area contributed by atoms with E-state index in [1.165, 1.54) is 5.56 Å². The lowest BCUT2D eigenvalue weighted by Crippen LogP contribution is -2.21. The minimum Gasteiger partial charge on any atom is -0.480 e. The molecule has 1 N–H and O–H groups in total. The van der Waals surface area contributed by atoms with Crippen molar-refractivity contribution in [3.8, 4) is 5.75 Å². The summed E-state index contributed by atoms with van der Waals surface area (Å²) in [5, 5.41) is 3.36. The Kier molecular flexibility index (Phi) is 3.51. The first-order chi connectivity index (χ1) is 9.33. The van der Waals surface area contributed by atoms with Gasteiger partial charge in [0, 0.05) is 12.5 Å². The second-order valence-electron chi connectivity index (χ2n) is 4.98. The van der Waals surface area contributed by atoms with Crippen molar-refractivity contribution in [2.24, 2.45) is 5.92 Å². The number of nitrogens with one attached hydrogen (secondary N) is 1. The molecule has 19 heavy (non-hydrogen) atoms. The average molecular weight is 258 g/mol. The third-order valence-electron chi connectivity index (χ3n) is 3.47. The van der Waals surface area contributed by atoms with Crippen LogP contribution in [0, 0.1) is 12.8 Å². The molecule has 1 aliphatic rings. The summed E-state index contributed by atoms with van der Waals surface area (Å²) in [4.78, 5) is 4.26. The fourth-order valence-electron chi connectivity index (χ4n) is 2.49. The van der Waals surface area contributed by atoms with Gasteiger partial charge in [-0.05, 0) is 37.6 Å². The predicted octanol–water partition coefficient (Wildman–Crippen LogP) is 2.71. The van der Waals surface area contributed by atoms with E-state index in [1.54, 1.807) is 12.5 Å². The van der Waals surface area contributed by atoms with E-state index in [2.05, 4.69) is 23.3 Å². The molecule has 0 radical (unpaired) electrons. The van der Waals surface area contributed by atoms with E-state index in [1.807, 2.05) is 18.2 Å². The average Bonchev–Trinajstić information content (AvgIpc) is 3.10. The van der Waals surface area contributed by atoms with Gasteiger partial charge in [-0.25, -0.2) is 4.98 Å². The van der Waals surface area contributed by atoms with Gasteiger partial charge in [-0.15, -0.1) is 0 Å². The smallest absolute Gasteiger partial charge is 0.235 e. The molecule has 0 amide bonds. The number of aromatic nitrogens is 1. The molecule has 0 spiro atoms. The molecule has 4 heteroatoms. The molecule has 4 nitrogen and oxygen atoms in total. The maximum atomic E-state index is 6.13. The standard InChI is InChI=1S/C15H18N2O2/c1-11-3-2-4-13(9-11)19-14(12-5-6-16-10-12)15-17-7-8-18-15/h2-4,7-9,12,14,16H,5-6,10H2,1H3/t12?,14-/m0/s1. The van der Waals surface area contributed by atoms with Crippen LogP contribution in [-0.4, -0.2) is 18.1 Å². The number of nitrogens with zero attached hydrogens (tertiary/aromatic N) is 1. The van der Waals surface area contributed by atoms with Gasteiger partial charge in [-0.1, -0.05) is 12.1 Å². The van der Waals surface area contributed by atoms with Crippen LogP contribution >= 0.6 is 0 Å². The van der Waals surface area contributed by atoms with Gasteiger partial charge in [-0.3, -0.25) is 0 Å². The molecular formula is C15H18N2O2. The zero-order chi connectivity index (χ0) is 13.1. The Bertz CT molecular complexity index is 519. The molecule has 1 aliphatic heterocycles. The number of rotatable bonds is 4. The van der Waals surface area contributed by atoms with Gasteiger partial charge in [-0.2, -0.15) is 0 Å². The topological polar surface area (TPSA) is 47.3 Å². The summed E-state index contributed by atoms with van der Waals surface area (Å²) in [7, 11) is 0. The molecule has 2 heterocycles. The number of benzene rings is 1. The summed E-state index contributed by atoms with van der Waals surface area (Å²) in [5.41, 5.74) is 1.19. The fraction of sp³-hybridized carbons (Fsp3) is 0.400. The highest BCUT2D eigenvalue weighted by atomic mass is 16.5. The van der Waals surface area contributed by atoms with Crippen LogP contribution in [0.15, 0.2) is 41.1 Å². The lowest BCUT2D eigenvalue weighted by atomic mass is 10.0. The van der Waals surface area contributed by atoms with Crippen LogP contribution in [0.25, 0.3) is 0 Å². The molecule has 100 valence electrons. The van der Waals surface area contributed by atoms with Gasteiger partial charge in [0.15, 0.2) is 6.10 Å². The first kappa shape index (κ1) is 12.2. The second kappa shape index (κ2) is 5.45. The van der Waals surface area contributed by atoms with Gasteiger partial charge in [0.2, 0.25) is 5.89 Å². The normalized spacial score (nSPS) is 20.4. The van der Waals surface area contributed by atoms with Crippen molar-refractivity contribution >= 4 is 0 Å². The van der Waals surface area contributed by atoms with Crippen molar-refractivity contribution in [2.45, 2.75) is 19.4 Å². The summed E-state index contributed by atoms with van der Waals surface area (Å²) in [6.07, 6.45) is 4.24. The fourth-order valence-corrected chi connectivity index (χ4v) is 2.49. The second-order valence-corrected chi connectivity index (χ2v) is 4.98. The van der Waals surface area contributed by atoms with Gasteiger partial charge in [0.25, 0.3) is 0 Å². The highest BCUT2D eigenvalue weighted by Gasteiger charge is 2.31. The summed E-state index contributed by atoms with van der Waals surface area (Å²) < 4.78 is 11.6. The summed E-state index contributed by atoms with van der Waals surface area (Å²) >= 11 is 0. The van der Waals surface area contributed by atoms with Crippen LogP contribution in [0.4, 0.5) is 0 Å². The van der Waals surface area contributed by atoms with E-state index in [0.717, 1.165) is 25.3 Å². The molecule has 3 rings (SSSR count). The van der Waals surface area contributed by atoms with Crippen LogP contribution < -0.4 is 10.1 Å². The maximum Gasteiger partial charge on any atom is 0.235 e. The number of ether oxygens (including phenoxy) is 1. The highest BCUT2D eigenvalue weighted by Crippen LogP contribution is 2.31. The zero-order valence-electron chi connectivity index (χ0n) is 11.0. The molecule has 0 saturated carbocycles. The minimum absolute atomic E-state index is 0.119. The van der Waals surface area contributed by atoms with Crippen molar-refractivity contribution in [2.75, 3.05) is 13.1 Å². The Labute approximate surface area is 112 Å². The molecule has 2 aromatic rings. The Morgan fingerprint density at radius 3 is 3.11 bits per heavy atom. The van der Waals surface area contributed by atoms with Crippen LogP contribution in [0.1, 0.15) is 24.0 Å². The van der Waals surface area contributed by atoms with Crippen LogP contribution in [0.3, 0.4) is 0 Å². The van der Waals surface area contributed by atoms with E-state index in [9.17, 15) is 0 Å². The molecule has 1 aromatic carbocycles. The van der Waals surface area contributed by atoms with E-state index in [4.69, 9.17) is 9.15 Å². The maximum absolute atomic E-state index is 6.13. The van der Waals surface area contributed by atoms with E-state index < -0.39 is 0 Å². The molecule has 2 atom stereocenters. The lowest BCUT2D eigenvalue weighted by molar-refractivity contribution is 0.114. The third kappa shape index (κ3) is 2.79. The highest BCUT2D eigenvalue weighted by molar-refractivity contribution is 5.28. The van der Waals surface area contributed by atoms with Gasteiger partial charge in [0.1, 0.15) is 12.0 Å². The molecule has 0 bridgehead atoms. The Morgan fingerprint density at radius 1 is 1.47 bits per heavy atom. The van der Waals surface area contributed by atoms with E-state index in [0.29, 0.717) is 11.8 Å². The predicted molar refractivity (Wildman–Crippen MR) is 72.0 cm³/mol. The molecule has 1 unspecified atom stereocenters. The largest absolute Gasteiger partial charge is 0.480 e. The first-order valence-corrected chi connectivity index (χ1v) is 6.66. The summed E-state index contributed by atoms with van der Waals surface area (Å²) in [6.45, 7) is 4.03. The van der Waals surface area contributed by atoms with Crippen molar-refractivity contribution in [1.82, 2.24) is 10.3 Å². The Hall–Kier alpha value is -1.81. The van der Waals surface area contributed by atoms with Gasteiger partial charge < -0.3 is 14.5 Å². The quantitative estimate of drug-likeness (QED) is 0.916. The number of hydrogen-bond donors (Lipinski definition) is 1. The molecule has 1 fully saturated rings. The number of oxazole rings is 1. The van der Waals surface area contributed by atoms with E-state index >= 15 is 0 Å². The molecule has 1 aromatic heterocycles. The van der Waals surface area contributed by atoms with Crippen LogP contribution in [-0.2, 0) is 0 Å². The summed E-state index contributed by atoms with van der Waals surface area (Å²) in [6, 6.07) is 8.08. The number of aryl methyl sites for hydroxylation is 1. The zero-order valence-corrected chi connectivity index (χ0v) is 11.0. The van der Waals surface area contributed by atoms with Crippen LogP contribution in [0.2, 0.25) is 0 Å². The Balaban J connectivity index is 1.83. The van der Waals surface area contributed by atoms with Gasteiger partial charge >= 0.3 is 0 Å². The molecule has 1 saturated heterocycles. The SMILES string of the molecule is Cc1cccc(O[C@H](c2ncco2)C2CCNC2)c1. The first-order valence-electron chi connectivity index (χ1n) is 6.66. The minimum atomic E-state index is -0.119. The molecular weight excluding hydrogens is 240 g/mol. The van der Waals surface area contributed by atoms with Crippen molar-refractivity contribution in [3.05, 3.63) is 48.2 Å². The monoisotopic (exact) mass is 258 g/mol. The van der Waals surface area contributed by atoms with Gasteiger partial charge in [0.05, 0.1) is 6.20 Å². The van der Waals surface area contributed by atoms with Crippen molar-refractivity contribution in [3.63, 3.8) is 0 Å².